The van der Waals surface area contributed by atoms with E-state index in [1.54, 1.807) is 35.7 Å². The standard InChI is InChI=1S/C17H18N2O6S/c1-23-11-5-6-12(13(8-11)24-2)19-15(20)10-25-16(21)9-18-17(22)14-4-3-7-26-14/h3-8H,9-10H2,1-2H3,(H,18,22)(H,19,20). The summed E-state index contributed by atoms with van der Waals surface area (Å²) in [6.45, 7) is -0.807. The highest BCUT2D eigenvalue weighted by Crippen LogP contribution is 2.28. The summed E-state index contributed by atoms with van der Waals surface area (Å²) in [7, 11) is 2.98. The van der Waals surface area contributed by atoms with Gasteiger partial charge in [-0.1, -0.05) is 6.07 Å². The summed E-state index contributed by atoms with van der Waals surface area (Å²) in [5, 5.41) is 6.75. The van der Waals surface area contributed by atoms with Crippen molar-refractivity contribution < 1.29 is 28.6 Å². The molecule has 0 saturated heterocycles. The van der Waals surface area contributed by atoms with E-state index in [1.165, 1.54) is 25.6 Å². The first-order chi connectivity index (χ1) is 12.5. The van der Waals surface area contributed by atoms with Gasteiger partial charge in [0.15, 0.2) is 6.61 Å². The third-order valence-corrected chi connectivity index (χ3v) is 4.05. The molecule has 0 unspecified atom stereocenters. The molecule has 2 rings (SSSR count). The molecular formula is C17H18N2O6S. The Labute approximate surface area is 154 Å². The van der Waals surface area contributed by atoms with Crippen molar-refractivity contribution in [1.82, 2.24) is 5.32 Å². The second kappa shape index (κ2) is 9.42. The van der Waals surface area contributed by atoms with Gasteiger partial charge >= 0.3 is 5.97 Å². The highest BCUT2D eigenvalue weighted by atomic mass is 32.1. The zero-order valence-electron chi connectivity index (χ0n) is 14.2. The number of anilines is 1. The zero-order valence-corrected chi connectivity index (χ0v) is 15.1. The van der Waals surface area contributed by atoms with E-state index in [-0.39, 0.29) is 12.5 Å². The Balaban J connectivity index is 1.77. The van der Waals surface area contributed by atoms with E-state index in [0.29, 0.717) is 22.1 Å². The fraction of sp³-hybridized carbons (Fsp3) is 0.235. The summed E-state index contributed by atoms with van der Waals surface area (Å²) in [6.07, 6.45) is 0. The van der Waals surface area contributed by atoms with E-state index in [2.05, 4.69) is 10.6 Å². The van der Waals surface area contributed by atoms with E-state index in [4.69, 9.17) is 14.2 Å². The van der Waals surface area contributed by atoms with Gasteiger partial charge in [-0.25, -0.2) is 0 Å². The van der Waals surface area contributed by atoms with Crippen molar-refractivity contribution >= 4 is 34.8 Å². The summed E-state index contributed by atoms with van der Waals surface area (Å²) in [4.78, 5) is 35.7. The van der Waals surface area contributed by atoms with Crippen LogP contribution in [0.25, 0.3) is 0 Å². The molecule has 1 aromatic carbocycles. The molecule has 8 nitrogen and oxygen atoms in total. The van der Waals surface area contributed by atoms with Gasteiger partial charge in [-0.05, 0) is 23.6 Å². The molecule has 0 aliphatic rings. The second-order valence-electron chi connectivity index (χ2n) is 4.94. The van der Waals surface area contributed by atoms with E-state index < -0.39 is 18.5 Å². The Morgan fingerprint density at radius 1 is 1.12 bits per heavy atom. The highest BCUT2D eigenvalue weighted by molar-refractivity contribution is 7.12. The molecule has 1 aromatic heterocycles. The SMILES string of the molecule is COc1ccc(NC(=O)COC(=O)CNC(=O)c2cccs2)c(OC)c1. The van der Waals surface area contributed by atoms with Gasteiger partial charge < -0.3 is 24.8 Å². The third kappa shape index (κ3) is 5.49. The first-order valence-electron chi connectivity index (χ1n) is 7.52. The average molecular weight is 378 g/mol. The van der Waals surface area contributed by atoms with Crippen LogP contribution in [0, 0.1) is 0 Å². The van der Waals surface area contributed by atoms with Gasteiger partial charge in [0.2, 0.25) is 0 Å². The molecule has 2 aromatic rings. The summed E-state index contributed by atoms with van der Waals surface area (Å²) in [5.41, 5.74) is 0.417. The first kappa shape index (κ1) is 19.3. The van der Waals surface area contributed by atoms with Gasteiger partial charge in [0, 0.05) is 6.07 Å². The lowest BCUT2D eigenvalue weighted by Gasteiger charge is -2.12. The minimum Gasteiger partial charge on any atom is -0.497 e. The van der Waals surface area contributed by atoms with Crippen LogP contribution in [0.15, 0.2) is 35.7 Å². The number of rotatable bonds is 8. The number of ether oxygens (including phenoxy) is 3. The van der Waals surface area contributed by atoms with Crippen molar-refractivity contribution in [2.45, 2.75) is 0 Å². The van der Waals surface area contributed by atoms with Gasteiger partial charge in [0.1, 0.15) is 18.0 Å². The molecular weight excluding hydrogens is 360 g/mol. The van der Waals surface area contributed by atoms with E-state index in [0.717, 1.165) is 0 Å². The van der Waals surface area contributed by atoms with Crippen molar-refractivity contribution in [1.29, 1.82) is 0 Å². The van der Waals surface area contributed by atoms with E-state index in [9.17, 15) is 14.4 Å². The van der Waals surface area contributed by atoms with Crippen LogP contribution in [0.3, 0.4) is 0 Å². The molecule has 138 valence electrons. The molecule has 26 heavy (non-hydrogen) atoms. The minimum absolute atomic E-state index is 0.324. The predicted molar refractivity (Wildman–Crippen MR) is 95.8 cm³/mol. The Kier molecular flexibility index (Phi) is 6.98. The number of esters is 1. The molecule has 0 aliphatic carbocycles. The molecule has 0 bridgehead atoms. The smallest absolute Gasteiger partial charge is 0.325 e. The quantitative estimate of drug-likeness (QED) is 0.678. The van der Waals surface area contributed by atoms with Crippen molar-refractivity contribution in [2.75, 3.05) is 32.7 Å². The predicted octanol–water partition coefficient (Wildman–Crippen LogP) is 1.68. The topological polar surface area (TPSA) is 103 Å². The third-order valence-electron chi connectivity index (χ3n) is 3.19. The summed E-state index contributed by atoms with van der Waals surface area (Å²) >= 11 is 1.26. The van der Waals surface area contributed by atoms with Gasteiger partial charge in [0.05, 0.1) is 24.8 Å². The average Bonchev–Trinajstić information content (AvgIpc) is 3.19. The number of hydrogen-bond donors (Lipinski definition) is 2. The largest absolute Gasteiger partial charge is 0.497 e. The number of hydrogen-bond acceptors (Lipinski definition) is 7. The van der Waals surface area contributed by atoms with Crippen molar-refractivity contribution in [3.8, 4) is 11.5 Å². The fourth-order valence-electron chi connectivity index (χ4n) is 1.93. The number of amides is 2. The summed E-state index contributed by atoms with van der Waals surface area (Å²) in [6, 6.07) is 8.25. The lowest BCUT2D eigenvalue weighted by atomic mass is 10.2. The Bertz CT molecular complexity index is 776. The molecule has 1 heterocycles. The molecule has 2 amide bonds. The monoisotopic (exact) mass is 378 g/mol. The number of benzene rings is 1. The summed E-state index contributed by atoms with van der Waals surface area (Å²) in [5.74, 6) is -0.637. The van der Waals surface area contributed by atoms with E-state index >= 15 is 0 Å². The van der Waals surface area contributed by atoms with Gasteiger partial charge in [-0.3, -0.25) is 14.4 Å². The normalized spacial score (nSPS) is 9.92. The second-order valence-corrected chi connectivity index (χ2v) is 5.88. The lowest BCUT2D eigenvalue weighted by molar-refractivity contribution is -0.146. The molecule has 0 spiro atoms. The van der Waals surface area contributed by atoms with Crippen LogP contribution in [-0.2, 0) is 14.3 Å². The molecule has 0 radical (unpaired) electrons. The van der Waals surface area contributed by atoms with Gasteiger partial charge in [0.25, 0.3) is 11.8 Å². The van der Waals surface area contributed by atoms with Crippen LogP contribution in [0.2, 0.25) is 0 Å². The summed E-state index contributed by atoms with van der Waals surface area (Å²) < 4.78 is 15.1. The van der Waals surface area contributed by atoms with Crippen LogP contribution in [-0.4, -0.2) is 45.2 Å². The minimum atomic E-state index is -0.716. The maximum atomic E-state index is 11.9. The first-order valence-corrected chi connectivity index (χ1v) is 8.40. The van der Waals surface area contributed by atoms with Gasteiger partial charge in [-0.15, -0.1) is 11.3 Å². The number of carbonyl (C=O) groups is 3. The molecule has 2 N–H and O–H groups in total. The van der Waals surface area contributed by atoms with Crippen LogP contribution in [0.4, 0.5) is 5.69 Å². The lowest BCUT2D eigenvalue weighted by Crippen LogP contribution is -2.31. The Hall–Kier alpha value is -3.07. The number of methoxy groups -OCH3 is 2. The number of nitrogens with one attached hydrogen (secondary N) is 2. The fourth-order valence-corrected chi connectivity index (χ4v) is 2.57. The van der Waals surface area contributed by atoms with E-state index in [1.807, 2.05) is 0 Å². The van der Waals surface area contributed by atoms with Crippen molar-refractivity contribution in [2.24, 2.45) is 0 Å². The van der Waals surface area contributed by atoms with Crippen LogP contribution in [0.5, 0.6) is 11.5 Å². The highest BCUT2D eigenvalue weighted by Gasteiger charge is 2.13. The maximum Gasteiger partial charge on any atom is 0.325 e. The van der Waals surface area contributed by atoms with Crippen molar-refractivity contribution in [3.63, 3.8) is 0 Å². The molecule has 0 fully saturated rings. The molecule has 0 aliphatic heterocycles. The molecule has 0 saturated carbocycles. The molecule has 9 heteroatoms. The Morgan fingerprint density at radius 3 is 2.58 bits per heavy atom. The van der Waals surface area contributed by atoms with Crippen LogP contribution < -0.4 is 20.1 Å². The molecule has 0 atom stereocenters. The van der Waals surface area contributed by atoms with Crippen LogP contribution >= 0.6 is 11.3 Å². The van der Waals surface area contributed by atoms with Gasteiger partial charge in [-0.2, -0.15) is 0 Å². The number of thiophene rings is 1. The Morgan fingerprint density at radius 2 is 1.92 bits per heavy atom. The van der Waals surface area contributed by atoms with Crippen molar-refractivity contribution in [3.05, 3.63) is 40.6 Å². The van der Waals surface area contributed by atoms with Crippen LogP contribution in [0.1, 0.15) is 9.67 Å². The zero-order chi connectivity index (χ0) is 18.9. The number of carbonyl (C=O) groups excluding carboxylic acids is 3. The maximum absolute atomic E-state index is 11.9.